The maximum atomic E-state index is 11.8. The van der Waals surface area contributed by atoms with E-state index in [1.807, 2.05) is 0 Å². The third-order valence-electron chi connectivity index (χ3n) is 3.52. The third kappa shape index (κ3) is 2.20. The first-order chi connectivity index (χ1) is 8.53. The van der Waals surface area contributed by atoms with Gasteiger partial charge in [-0.3, -0.25) is 4.79 Å². The van der Waals surface area contributed by atoms with E-state index in [2.05, 4.69) is 15.3 Å². The third-order valence-corrected chi connectivity index (χ3v) is 4.96. The molecule has 98 valence electrons. The largest absolute Gasteiger partial charge is 0.316 e. The van der Waals surface area contributed by atoms with Crippen molar-refractivity contribution < 1.29 is 8.42 Å². The first kappa shape index (κ1) is 11.9. The van der Waals surface area contributed by atoms with Crippen molar-refractivity contribution in [1.29, 1.82) is 0 Å². The van der Waals surface area contributed by atoms with Crippen molar-refractivity contribution in [3.63, 3.8) is 0 Å². The summed E-state index contributed by atoms with van der Waals surface area (Å²) < 4.78 is 23.0. The molecule has 0 aromatic carbocycles. The van der Waals surface area contributed by atoms with Gasteiger partial charge in [0.15, 0.2) is 9.84 Å². The molecule has 0 saturated carbocycles. The summed E-state index contributed by atoms with van der Waals surface area (Å²) in [6.45, 7) is 1.92. The van der Waals surface area contributed by atoms with Gasteiger partial charge in [0.1, 0.15) is 5.82 Å². The lowest BCUT2D eigenvalue weighted by Gasteiger charge is -2.08. The lowest BCUT2D eigenvalue weighted by molar-refractivity contribution is 0.558. The number of fused-ring (bicyclic) bond motifs is 1. The molecule has 2 N–H and O–H groups in total. The van der Waals surface area contributed by atoms with Gasteiger partial charge in [0.2, 0.25) is 0 Å². The summed E-state index contributed by atoms with van der Waals surface area (Å²) in [4.78, 5) is 18.8. The van der Waals surface area contributed by atoms with Crippen LogP contribution in [0.1, 0.15) is 23.5 Å². The van der Waals surface area contributed by atoms with Crippen LogP contribution < -0.4 is 10.9 Å². The average Bonchev–Trinajstić information content (AvgIpc) is 2.85. The Morgan fingerprint density at radius 1 is 1.33 bits per heavy atom. The van der Waals surface area contributed by atoms with Crippen LogP contribution in [0.15, 0.2) is 4.79 Å². The van der Waals surface area contributed by atoms with Crippen molar-refractivity contribution in [2.45, 2.75) is 24.3 Å². The number of aromatic nitrogens is 2. The molecule has 2 aliphatic rings. The van der Waals surface area contributed by atoms with E-state index >= 15 is 0 Å². The maximum absolute atomic E-state index is 11.8. The molecule has 0 spiro atoms. The highest BCUT2D eigenvalue weighted by Crippen LogP contribution is 2.20. The standard InChI is InChI=1S/C11H15N3O3S/c15-11-8-5-18(16,17)6-9(8)13-10(14-11)3-7-1-2-12-4-7/h7,12H,1-6H2,(H,13,14,15). The van der Waals surface area contributed by atoms with Gasteiger partial charge in [0, 0.05) is 6.42 Å². The first-order valence-electron chi connectivity index (χ1n) is 6.05. The molecule has 18 heavy (non-hydrogen) atoms. The van der Waals surface area contributed by atoms with Crippen molar-refractivity contribution in [1.82, 2.24) is 15.3 Å². The Hall–Kier alpha value is -1.21. The van der Waals surface area contributed by atoms with Gasteiger partial charge in [0.25, 0.3) is 5.56 Å². The van der Waals surface area contributed by atoms with Crippen LogP contribution in [0.4, 0.5) is 0 Å². The minimum Gasteiger partial charge on any atom is -0.316 e. The Labute approximate surface area is 105 Å². The zero-order chi connectivity index (χ0) is 12.8. The molecule has 3 heterocycles. The number of H-pyrrole nitrogens is 1. The second kappa shape index (κ2) is 4.17. The molecule has 3 rings (SSSR count). The van der Waals surface area contributed by atoms with E-state index < -0.39 is 9.84 Å². The highest BCUT2D eigenvalue weighted by molar-refractivity contribution is 7.90. The molecule has 1 aromatic heterocycles. The molecule has 6 nitrogen and oxygen atoms in total. The lowest BCUT2D eigenvalue weighted by atomic mass is 10.0. The SMILES string of the molecule is O=c1[nH]c(CC2CCNC2)nc2c1CS(=O)(=O)C2. The van der Waals surface area contributed by atoms with Crippen molar-refractivity contribution in [3.05, 3.63) is 27.4 Å². The van der Waals surface area contributed by atoms with Gasteiger partial charge < -0.3 is 10.3 Å². The Morgan fingerprint density at radius 2 is 2.17 bits per heavy atom. The van der Waals surface area contributed by atoms with E-state index in [9.17, 15) is 13.2 Å². The summed E-state index contributed by atoms with van der Waals surface area (Å²) in [5.41, 5.74) is 0.477. The Morgan fingerprint density at radius 3 is 2.89 bits per heavy atom. The van der Waals surface area contributed by atoms with Crippen molar-refractivity contribution in [2.75, 3.05) is 13.1 Å². The predicted octanol–water partition coefficient (Wildman–Crippen LogP) is -0.650. The molecule has 0 amide bonds. The topological polar surface area (TPSA) is 91.9 Å². The smallest absolute Gasteiger partial charge is 0.255 e. The summed E-state index contributed by atoms with van der Waals surface area (Å²) in [5, 5.41) is 3.26. The molecular weight excluding hydrogens is 254 g/mol. The molecule has 0 aliphatic carbocycles. The Balaban J connectivity index is 1.91. The summed E-state index contributed by atoms with van der Waals surface area (Å²) in [5.74, 6) is 0.826. The van der Waals surface area contributed by atoms with Gasteiger partial charge in [-0.25, -0.2) is 13.4 Å². The predicted molar refractivity (Wildman–Crippen MR) is 65.9 cm³/mol. The van der Waals surface area contributed by atoms with E-state index in [0.717, 1.165) is 19.5 Å². The fourth-order valence-corrected chi connectivity index (χ4v) is 4.10. The van der Waals surface area contributed by atoms with Crippen LogP contribution >= 0.6 is 0 Å². The minimum absolute atomic E-state index is 0.0951. The lowest BCUT2D eigenvalue weighted by Crippen LogP contribution is -2.20. The van der Waals surface area contributed by atoms with Crippen LogP contribution in [-0.4, -0.2) is 31.5 Å². The van der Waals surface area contributed by atoms with Crippen LogP contribution in [-0.2, 0) is 27.8 Å². The molecule has 0 bridgehead atoms. The second-order valence-corrected chi connectivity index (χ2v) is 7.10. The first-order valence-corrected chi connectivity index (χ1v) is 7.88. The van der Waals surface area contributed by atoms with Gasteiger partial charge in [0.05, 0.1) is 22.8 Å². The monoisotopic (exact) mass is 269 g/mol. The summed E-state index contributed by atoms with van der Waals surface area (Å²) in [6, 6.07) is 0. The molecule has 1 fully saturated rings. The highest BCUT2D eigenvalue weighted by atomic mass is 32.2. The van der Waals surface area contributed by atoms with Crippen LogP contribution in [0.25, 0.3) is 0 Å². The number of nitrogens with one attached hydrogen (secondary N) is 2. The molecule has 1 saturated heterocycles. The highest BCUT2D eigenvalue weighted by Gasteiger charge is 2.29. The number of aromatic amines is 1. The zero-order valence-corrected chi connectivity index (χ0v) is 10.7. The number of hydrogen-bond donors (Lipinski definition) is 2. The fraction of sp³-hybridized carbons (Fsp3) is 0.636. The van der Waals surface area contributed by atoms with E-state index in [1.165, 1.54) is 0 Å². The molecule has 7 heteroatoms. The van der Waals surface area contributed by atoms with Crippen LogP contribution in [0.3, 0.4) is 0 Å². The number of hydrogen-bond acceptors (Lipinski definition) is 5. The number of rotatable bonds is 2. The van der Waals surface area contributed by atoms with Crippen LogP contribution in [0.5, 0.6) is 0 Å². The fourth-order valence-electron chi connectivity index (χ4n) is 2.60. The second-order valence-electron chi connectivity index (χ2n) is 5.03. The Bertz CT molecular complexity index is 629. The van der Waals surface area contributed by atoms with E-state index in [4.69, 9.17) is 0 Å². The van der Waals surface area contributed by atoms with Crippen molar-refractivity contribution >= 4 is 9.84 Å². The minimum atomic E-state index is -3.17. The Kier molecular flexibility index (Phi) is 2.74. The average molecular weight is 269 g/mol. The summed E-state index contributed by atoms with van der Waals surface area (Å²) in [7, 11) is -3.17. The van der Waals surface area contributed by atoms with Gasteiger partial charge in [-0.1, -0.05) is 0 Å². The molecule has 2 aliphatic heterocycles. The normalized spacial score (nSPS) is 25.2. The van der Waals surface area contributed by atoms with E-state index in [-0.39, 0.29) is 17.1 Å². The van der Waals surface area contributed by atoms with Gasteiger partial charge in [-0.05, 0) is 25.4 Å². The zero-order valence-electron chi connectivity index (χ0n) is 9.90. The molecule has 1 atom stereocenters. The van der Waals surface area contributed by atoms with Gasteiger partial charge in [-0.15, -0.1) is 0 Å². The van der Waals surface area contributed by atoms with E-state index in [0.29, 0.717) is 29.4 Å². The summed E-state index contributed by atoms with van der Waals surface area (Å²) >= 11 is 0. The molecule has 1 aromatic rings. The number of nitrogens with zero attached hydrogens (tertiary/aromatic N) is 1. The molecule has 0 radical (unpaired) electrons. The number of sulfone groups is 1. The van der Waals surface area contributed by atoms with Crippen molar-refractivity contribution in [3.8, 4) is 0 Å². The van der Waals surface area contributed by atoms with Crippen LogP contribution in [0, 0.1) is 5.92 Å². The van der Waals surface area contributed by atoms with Gasteiger partial charge in [-0.2, -0.15) is 0 Å². The molecular formula is C11H15N3O3S. The van der Waals surface area contributed by atoms with Crippen molar-refractivity contribution in [2.24, 2.45) is 5.92 Å². The van der Waals surface area contributed by atoms with Gasteiger partial charge >= 0.3 is 0 Å². The maximum Gasteiger partial charge on any atom is 0.255 e. The van der Waals surface area contributed by atoms with E-state index in [1.54, 1.807) is 0 Å². The van der Waals surface area contributed by atoms with Crippen LogP contribution in [0.2, 0.25) is 0 Å². The quantitative estimate of drug-likeness (QED) is 0.744. The summed E-state index contributed by atoms with van der Waals surface area (Å²) in [6.07, 6.45) is 1.77. The molecule has 1 unspecified atom stereocenters.